The Morgan fingerprint density at radius 3 is 2.09 bits per heavy atom. The van der Waals surface area contributed by atoms with Gasteiger partial charge in [-0.15, -0.1) is 0 Å². The molecule has 15 nitrogen and oxygen atoms in total. The Morgan fingerprint density at radius 2 is 1.50 bits per heavy atom. The lowest BCUT2D eigenvalue weighted by Gasteiger charge is -2.30. The SMILES string of the molecule is COCCC1(C)C(/C=C/C=C2/N(CCCS(=O)(=O)O)c3ccc(S(=O)(=O)[O-])cc3C2(C)CCOC)=[N+](CCCCCC(=O)O)c2ccc(S(=O)(=O)O)cc21. The molecule has 0 saturated heterocycles. The van der Waals surface area contributed by atoms with Gasteiger partial charge in [-0.1, -0.05) is 6.08 Å². The van der Waals surface area contributed by atoms with E-state index in [9.17, 15) is 43.7 Å². The van der Waals surface area contributed by atoms with E-state index in [4.69, 9.17) is 14.6 Å². The number of hydrogen-bond acceptors (Lipinski definition) is 11. The number of ether oxygens (including phenoxy) is 2. The normalized spacial score (nSPS) is 21.0. The summed E-state index contributed by atoms with van der Waals surface area (Å²) in [6.07, 6.45) is 8.00. The highest BCUT2D eigenvalue weighted by Gasteiger charge is 2.48. The van der Waals surface area contributed by atoms with Crippen LogP contribution < -0.4 is 4.90 Å². The molecule has 2 aromatic rings. The summed E-state index contributed by atoms with van der Waals surface area (Å²) in [6, 6.07) is 8.45. The third-order valence-corrected chi connectivity index (χ3v) is 12.7. The first-order chi connectivity index (χ1) is 25.2. The number of carboxylic acids is 1. The molecule has 0 bridgehead atoms. The Bertz CT molecular complexity index is 2160. The Hall–Kier alpha value is -3.49. The molecular formula is C36H48N2O13S3. The van der Waals surface area contributed by atoms with E-state index >= 15 is 0 Å². The fourth-order valence-corrected chi connectivity index (χ4v) is 8.86. The third kappa shape index (κ3) is 9.84. The molecule has 2 aromatic carbocycles. The van der Waals surface area contributed by atoms with Crippen molar-refractivity contribution >= 4 is 53.4 Å². The number of aliphatic carboxylic acids is 1. The molecule has 0 aromatic heterocycles. The molecule has 0 spiro atoms. The van der Waals surface area contributed by atoms with E-state index in [1.165, 1.54) is 37.4 Å². The summed E-state index contributed by atoms with van der Waals surface area (Å²) in [5.41, 5.74) is 2.09. The lowest BCUT2D eigenvalue weighted by Crippen LogP contribution is -2.33. The van der Waals surface area contributed by atoms with Crippen molar-refractivity contribution in [3.05, 3.63) is 71.5 Å². The molecule has 4 rings (SSSR count). The van der Waals surface area contributed by atoms with E-state index in [0.29, 0.717) is 73.5 Å². The molecule has 0 fully saturated rings. The average molecular weight is 813 g/mol. The molecule has 2 aliphatic heterocycles. The molecule has 2 unspecified atom stereocenters. The summed E-state index contributed by atoms with van der Waals surface area (Å²) in [4.78, 5) is 12.3. The predicted octanol–water partition coefficient (Wildman–Crippen LogP) is 4.41. The number of hydrogen-bond donors (Lipinski definition) is 3. The van der Waals surface area contributed by atoms with Crippen molar-refractivity contribution in [2.75, 3.05) is 51.2 Å². The molecule has 3 N–H and O–H groups in total. The second-order valence-electron chi connectivity index (χ2n) is 13.9. The van der Waals surface area contributed by atoms with E-state index in [1.54, 1.807) is 19.3 Å². The number of carboxylic acid groups (broad SMARTS) is 1. The van der Waals surface area contributed by atoms with E-state index < -0.39 is 57.8 Å². The Balaban J connectivity index is 1.90. The van der Waals surface area contributed by atoms with Gasteiger partial charge in [-0.05, 0) is 87.9 Å². The summed E-state index contributed by atoms with van der Waals surface area (Å²) < 4.78 is 116. The van der Waals surface area contributed by atoms with Crippen LogP contribution in [0.4, 0.5) is 11.4 Å². The van der Waals surface area contributed by atoms with Crippen LogP contribution in [0.2, 0.25) is 0 Å². The molecule has 2 heterocycles. The summed E-state index contributed by atoms with van der Waals surface area (Å²) in [5, 5.41) is 9.12. The number of allylic oxidation sites excluding steroid dienone is 4. The molecule has 0 radical (unpaired) electrons. The first-order valence-electron chi connectivity index (χ1n) is 17.4. The van der Waals surface area contributed by atoms with E-state index in [-0.39, 0.29) is 30.9 Å². The van der Waals surface area contributed by atoms with Crippen molar-refractivity contribution in [1.29, 1.82) is 0 Å². The maximum absolute atomic E-state index is 12.2. The smallest absolute Gasteiger partial charge is 0.303 e. The summed E-state index contributed by atoms with van der Waals surface area (Å²) in [6.45, 7) is 4.94. The maximum atomic E-state index is 12.2. The van der Waals surface area contributed by atoms with Gasteiger partial charge in [0.05, 0.1) is 21.0 Å². The molecule has 2 aliphatic rings. The molecule has 18 heteroatoms. The van der Waals surface area contributed by atoms with Gasteiger partial charge < -0.3 is 24.0 Å². The third-order valence-electron chi connectivity index (χ3n) is 10.2. The zero-order chi connectivity index (χ0) is 40.1. The van der Waals surface area contributed by atoms with Gasteiger partial charge in [0.15, 0.2) is 5.71 Å². The molecule has 54 heavy (non-hydrogen) atoms. The van der Waals surface area contributed by atoms with Gasteiger partial charge in [0.1, 0.15) is 16.7 Å². The highest BCUT2D eigenvalue weighted by atomic mass is 32.2. The van der Waals surface area contributed by atoms with Crippen molar-refractivity contribution < 1.29 is 62.9 Å². The van der Waals surface area contributed by atoms with Crippen molar-refractivity contribution in [2.24, 2.45) is 0 Å². The summed E-state index contributed by atoms with van der Waals surface area (Å²) >= 11 is 0. The summed E-state index contributed by atoms with van der Waals surface area (Å²) in [5.74, 6) is -1.41. The Morgan fingerprint density at radius 1 is 0.870 bits per heavy atom. The van der Waals surface area contributed by atoms with Crippen LogP contribution in [0.1, 0.15) is 69.9 Å². The number of carbonyl (C=O) groups is 1. The molecular weight excluding hydrogens is 765 g/mol. The summed E-state index contributed by atoms with van der Waals surface area (Å²) in [7, 11) is -10.6. The van der Waals surface area contributed by atoms with Gasteiger partial charge in [0.2, 0.25) is 5.69 Å². The van der Waals surface area contributed by atoms with Crippen LogP contribution in [-0.4, -0.2) is 107 Å². The van der Waals surface area contributed by atoms with Gasteiger partial charge in [0.25, 0.3) is 20.2 Å². The zero-order valence-corrected chi connectivity index (χ0v) is 33.2. The minimum atomic E-state index is -4.82. The minimum Gasteiger partial charge on any atom is -0.744 e. The number of benzene rings is 2. The van der Waals surface area contributed by atoms with Crippen LogP contribution in [-0.2, 0) is 55.5 Å². The second kappa shape index (κ2) is 17.1. The van der Waals surface area contributed by atoms with Gasteiger partial charge in [-0.25, -0.2) is 8.42 Å². The maximum Gasteiger partial charge on any atom is 0.303 e. The second-order valence-corrected chi connectivity index (χ2v) is 18.3. The lowest BCUT2D eigenvalue weighted by atomic mass is 9.76. The number of methoxy groups -OCH3 is 2. The van der Waals surface area contributed by atoms with Crippen LogP contribution in [0.5, 0.6) is 0 Å². The first-order valence-corrected chi connectivity index (χ1v) is 21.8. The average Bonchev–Trinajstić information content (AvgIpc) is 3.45. The van der Waals surface area contributed by atoms with Crippen molar-refractivity contribution in [1.82, 2.24) is 0 Å². The van der Waals surface area contributed by atoms with E-state index in [2.05, 4.69) is 0 Å². The first kappa shape index (κ1) is 43.2. The van der Waals surface area contributed by atoms with Gasteiger partial charge >= 0.3 is 5.97 Å². The Kier molecular flexibility index (Phi) is 13.7. The molecule has 298 valence electrons. The Labute approximate surface area is 317 Å². The predicted molar refractivity (Wildman–Crippen MR) is 200 cm³/mol. The number of anilines is 1. The van der Waals surface area contributed by atoms with Crippen molar-refractivity contribution in [3.8, 4) is 0 Å². The topological polar surface area (TPSA) is 228 Å². The fraction of sp³-hybridized carbons (Fsp3) is 0.500. The molecule has 0 amide bonds. The zero-order valence-electron chi connectivity index (χ0n) is 30.7. The number of nitrogens with zero attached hydrogens (tertiary/aromatic N) is 2. The molecule has 0 saturated carbocycles. The molecule has 0 aliphatic carbocycles. The van der Waals surface area contributed by atoms with Crippen LogP contribution >= 0.6 is 0 Å². The number of unbranched alkanes of at least 4 members (excludes halogenated alkanes) is 2. The van der Waals surface area contributed by atoms with E-state index in [1.807, 2.05) is 35.5 Å². The number of fused-ring (bicyclic) bond motifs is 2. The van der Waals surface area contributed by atoms with Gasteiger partial charge in [-0.2, -0.15) is 21.4 Å². The number of rotatable bonds is 20. The highest BCUT2D eigenvalue weighted by Crippen LogP contribution is 2.51. The van der Waals surface area contributed by atoms with Crippen LogP contribution in [0.25, 0.3) is 0 Å². The fourth-order valence-electron chi connectivity index (χ4n) is 7.36. The standard InChI is InChI=1S/C36H48N2O13S3/c1-35(17-21-50-3)28-24-26(53(44,45)46)13-15-30(28)37(19-7-5-6-12-34(39)40)32(35)10-8-11-33-36(2,18-22-51-4)29-25-27(54(47,48)49)14-16-31(29)38(33)20-9-23-52(41,42)43/h8,10-11,13-16,24-25H,5-7,9,12,17-23H2,1-4H3,(H3-,39,40,41,42,43,44,45,46,47,48,49). The molecule has 2 atom stereocenters. The van der Waals surface area contributed by atoms with Crippen LogP contribution in [0.15, 0.2) is 70.1 Å². The van der Waals surface area contributed by atoms with Crippen LogP contribution in [0, 0.1) is 0 Å². The van der Waals surface area contributed by atoms with Gasteiger partial charge in [0, 0.05) is 81.3 Å². The van der Waals surface area contributed by atoms with Crippen molar-refractivity contribution in [3.63, 3.8) is 0 Å². The monoisotopic (exact) mass is 812 g/mol. The van der Waals surface area contributed by atoms with E-state index in [0.717, 1.165) is 5.71 Å². The minimum absolute atomic E-state index is 0.0226. The quantitative estimate of drug-likeness (QED) is 0.0957. The van der Waals surface area contributed by atoms with Gasteiger partial charge in [-0.3, -0.25) is 13.9 Å². The highest BCUT2D eigenvalue weighted by molar-refractivity contribution is 7.86. The largest absolute Gasteiger partial charge is 0.744 e. The van der Waals surface area contributed by atoms with Crippen molar-refractivity contribution in [2.45, 2.75) is 79.4 Å². The van der Waals surface area contributed by atoms with Crippen LogP contribution in [0.3, 0.4) is 0 Å². The lowest BCUT2D eigenvalue weighted by molar-refractivity contribution is -0.438.